The molecular formula is C16H19N3O2. The summed E-state index contributed by atoms with van der Waals surface area (Å²) in [6.45, 7) is 4.76. The molecule has 2 heterocycles. The molecule has 2 aromatic rings. The van der Waals surface area contributed by atoms with Gasteiger partial charge in [0.2, 0.25) is 0 Å². The zero-order valence-corrected chi connectivity index (χ0v) is 12.3. The number of aromatic nitrogens is 2. The van der Waals surface area contributed by atoms with Gasteiger partial charge in [0.05, 0.1) is 5.69 Å². The second-order valence-electron chi connectivity index (χ2n) is 5.33. The Morgan fingerprint density at radius 1 is 1.33 bits per heavy atom. The molecule has 0 fully saturated rings. The largest absolute Gasteiger partial charge is 0.375 e. The van der Waals surface area contributed by atoms with Crippen LogP contribution in [0.15, 0.2) is 30.3 Å². The highest BCUT2D eigenvalue weighted by Crippen LogP contribution is 2.38. The van der Waals surface area contributed by atoms with Crippen molar-refractivity contribution in [1.82, 2.24) is 9.78 Å². The molecule has 0 saturated heterocycles. The van der Waals surface area contributed by atoms with Gasteiger partial charge in [-0.3, -0.25) is 9.48 Å². The molecule has 1 atom stereocenters. The Morgan fingerprint density at radius 2 is 2.10 bits per heavy atom. The Morgan fingerprint density at radius 3 is 2.81 bits per heavy atom. The van der Waals surface area contributed by atoms with Gasteiger partial charge in [-0.05, 0) is 25.5 Å². The summed E-state index contributed by atoms with van der Waals surface area (Å²) in [5, 5.41) is 18.1. The molecule has 110 valence electrons. The lowest BCUT2D eigenvalue weighted by atomic mass is 9.90. The number of hydrogen-bond acceptors (Lipinski definition) is 3. The summed E-state index contributed by atoms with van der Waals surface area (Å²) < 4.78 is 1.85. The molecule has 1 aliphatic heterocycles. The van der Waals surface area contributed by atoms with Crippen molar-refractivity contribution in [3.63, 3.8) is 0 Å². The van der Waals surface area contributed by atoms with E-state index in [1.807, 2.05) is 36.7 Å². The summed E-state index contributed by atoms with van der Waals surface area (Å²) in [5.41, 5.74) is 1.65. The number of aliphatic hydroxyl groups is 1. The van der Waals surface area contributed by atoms with Crippen LogP contribution in [0.1, 0.15) is 30.8 Å². The highest BCUT2D eigenvalue weighted by Gasteiger charge is 2.45. The molecule has 0 radical (unpaired) electrons. The van der Waals surface area contributed by atoms with Crippen molar-refractivity contribution >= 4 is 11.6 Å². The average Bonchev–Trinajstić information content (AvgIpc) is 2.99. The standard InChI is InChI=1S/C16H19N3O2/c1-3-11-9-12(19(4-2)18-11)10-16(21)13-7-5-6-8-14(13)17-15(16)20/h5-9,21H,3-4,10H2,1-2H3,(H,17,20). The minimum atomic E-state index is -1.52. The maximum atomic E-state index is 12.2. The van der Waals surface area contributed by atoms with Crippen LogP contribution in [0.25, 0.3) is 0 Å². The summed E-state index contributed by atoms with van der Waals surface area (Å²) in [6.07, 6.45) is 1.07. The number of nitrogens with zero attached hydrogens (tertiary/aromatic N) is 2. The first-order valence-electron chi connectivity index (χ1n) is 7.27. The first-order chi connectivity index (χ1) is 10.1. The lowest BCUT2D eigenvalue weighted by Gasteiger charge is -2.21. The summed E-state index contributed by atoms with van der Waals surface area (Å²) in [5.74, 6) is -0.370. The molecule has 2 N–H and O–H groups in total. The Balaban J connectivity index is 2.01. The topological polar surface area (TPSA) is 67.2 Å². The molecule has 3 rings (SSSR count). The minimum absolute atomic E-state index is 0.233. The molecule has 21 heavy (non-hydrogen) atoms. The number of carbonyl (C=O) groups excluding carboxylic acids is 1. The van der Waals surface area contributed by atoms with Crippen molar-refractivity contribution in [1.29, 1.82) is 0 Å². The lowest BCUT2D eigenvalue weighted by Crippen LogP contribution is -2.37. The van der Waals surface area contributed by atoms with E-state index >= 15 is 0 Å². The van der Waals surface area contributed by atoms with Crippen LogP contribution in [0.4, 0.5) is 5.69 Å². The number of benzene rings is 1. The maximum absolute atomic E-state index is 12.2. The highest BCUT2D eigenvalue weighted by atomic mass is 16.3. The Hall–Kier alpha value is -2.14. The quantitative estimate of drug-likeness (QED) is 0.901. The van der Waals surface area contributed by atoms with Crippen LogP contribution in [0.5, 0.6) is 0 Å². The third-order valence-electron chi connectivity index (χ3n) is 4.01. The first kappa shape index (κ1) is 13.8. The van der Waals surface area contributed by atoms with Gasteiger partial charge in [0.25, 0.3) is 5.91 Å². The van der Waals surface area contributed by atoms with Crippen molar-refractivity contribution in [3.05, 3.63) is 47.3 Å². The summed E-state index contributed by atoms with van der Waals surface area (Å²) in [7, 11) is 0. The fourth-order valence-electron chi connectivity index (χ4n) is 2.84. The molecule has 0 bridgehead atoms. The Bertz CT molecular complexity index is 693. The van der Waals surface area contributed by atoms with E-state index in [4.69, 9.17) is 0 Å². The number of carbonyl (C=O) groups is 1. The minimum Gasteiger partial charge on any atom is -0.375 e. The second-order valence-corrected chi connectivity index (χ2v) is 5.33. The smallest absolute Gasteiger partial charge is 0.261 e. The number of anilines is 1. The molecule has 0 spiro atoms. The molecule has 1 amide bonds. The monoisotopic (exact) mass is 285 g/mol. The predicted molar refractivity (Wildman–Crippen MR) is 80.0 cm³/mol. The van der Waals surface area contributed by atoms with E-state index < -0.39 is 5.60 Å². The number of hydrogen-bond donors (Lipinski definition) is 2. The molecule has 0 aliphatic carbocycles. The van der Waals surface area contributed by atoms with Gasteiger partial charge < -0.3 is 10.4 Å². The maximum Gasteiger partial charge on any atom is 0.261 e. The zero-order valence-electron chi connectivity index (χ0n) is 12.3. The molecule has 1 aromatic heterocycles. The summed E-state index contributed by atoms with van der Waals surface area (Å²) in [4.78, 5) is 12.2. The zero-order chi connectivity index (χ0) is 15.0. The van der Waals surface area contributed by atoms with Gasteiger partial charge in [-0.15, -0.1) is 0 Å². The van der Waals surface area contributed by atoms with E-state index in [0.717, 1.165) is 17.8 Å². The van der Waals surface area contributed by atoms with Crippen LogP contribution in [0, 0.1) is 0 Å². The molecule has 5 heteroatoms. The number of rotatable bonds is 4. The summed E-state index contributed by atoms with van der Waals surface area (Å²) >= 11 is 0. The van der Waals surface area contributed by atoms with Gasteiger partial charge >= 0.3 is 0 Å². The van der Waals surface area contributed by atoms with Crippen LogP contribution in [-0.2, 0) is 29.8 Å². The predicted octanol–water partition coefficient (Wildman–Crippen LogP) is 1.85. The number of nitrogens with one attached hydrogen (secondary N) is 1. The first-order valence-corrected chi connectivity index (χ1v) is 7.27. The van der Waals surface area contributed by atoms with E-state index in [1.54, 1.807) is 12.1 Å². The average molecular weight is 285 g/mol. The van der Waals surface area contributed by atoms with Gasteiger partial charge in [0.1, 0.15) is 0 Å². The highest BCUT2D eigenvalue weighted by molar-refractivity contribution is 6.05. The van der Waals surface area contributed by atoms with Gasteiger partial charge in [0.15, 0.2) is 5.60 Å². The second kappa shape index (κ2) is 5.00. The van der Waals surface area contributed by atoms with Crippen LogP contribution in [0.2, 0.25) is 0 Å². The third-order valence-corrected chi connectivity index (χ3v) is 4.01. The fourth-order valence-corrected chi connectivity index (χ4v) is 2.84. The van der Waals surface area contributed by atoms with Crippen molar-refractivity contribution < 1.29 is 9.90 Å². The van der Waals surface area contributed by atoms with Crippen LogP contribution < -0.4 is 5.32 Å². The molecular weight excluding hydrogens is 266 g/mol. The van der Waals surface area contributed by atoms with Crippen molar-refractivity contribution in [3.8, 4) is 0 Å². The van der Waals surface area contributed by atoms with Gasteiger partial charge in [-0.25, -0.2) is 0 Å². The van der Waals surface area contributed by atoms with E-state index in [0.29, 0.717) is 17.8 Å². The number of para-hydroxylation sites is 1. The van der Waals surface area contributed by atoms with E-state index in [-0.39, 0.29) is 12.3 Å². The van der Waals surface area contributed by atoms with Crippen LogP contribution >= 0.6 is 0 Å². The lowest BCUT2D eigenvalue weighted by molar-refractivity contribution is -0.133. The van der Waals surface area contributed by atoms with Crippen molar-refractivity contribution in [2.24, 2.45) is 0 Å². The van der Waals surface area contributed by atoms with E-state index in [9.17, 15) is 9.90 Å². The fraction of sp³-hybridized carbons (Fsp3) is 0.375. The van der Waals surface area contributed by atoms with Gasteiger partial charge in [0, 0.05) is 29.9 Å². The van der Waals surface area contributed by atoms with Crippen molar-refractivity contribution in [2.45, 2.75) is 38.8 Å². The Labute approximate surface area is 123 Å². The van der Waals surface area contributed by atoms with Crippen molar-refractivity contribution in [2.75, 3.05) is 5.32 Å². The molecule has 5 nitrogen and oxygen atoms in total. The van der Waals surface area contributed by atoms with Crippen LogP contribution in [-0.4, -0.2) is 20.8 Å². The van der Waals surface area contributed by atoms with Gasteiger partial charge in [-0.2, -0.15) is 5.10 Å². The van der Waals surface area contributed by atoms with Crippen LogP contribution in [0.3, 0.4) is 0 Å². The molecule has 0 saturated carbocycles. The van der Waals surface area contributed by atoms with E-state index in [1.165, 1.54) is 0 Å². The Kier molecular flexibility index (Phi) is 3.29. The van der Waals surface area contributed by atoms with E-state index in [2.05, 4.69) is 10.4 Å². The molecule has 1 aromatic carbocycles. The number of amides is 1. The van der Waals surface area contributed by atoms with Gasteiger partial charge in [-0.1, -0.05) is 25.1 Å². The SMILES string of the molecule is CCc1cc(CC2(O)C(=O)Nc3ccccc32)n(CC)n1. The summed E-state index contributed by atoms with van der Waals surface area (Å²) in [6, 6.07) is 9.24. The molecule has 1 aliphatic rings. The molecule has 1 unspecified atom stereocenters. The third kappa shape index (κ3) is 2.14. The number of aryl methyl sites for hydroxylation is 2. The number of fused-ring (bicyclic) bond motifs is 1. The normalized spacial score (nSPS) is 20.4.